The molecule has 108 valence electrons. The maximum absolute atomic E-state index is 11.8. The van der Waals surface area contributed by atoms with Crippen molar-refractivity contribution in [2.45, 2.75) is 6.04 Å². The summed E-state index contributed by atoms with van der Waals surface area (Å²) in [6.07, 6.45) is 0. The lowest BCUT2D eigenvalue weighted by atomic mass is 10.1. The standard InChI is InChI=1S/C13H16N2O5/c1-15(8-10(16)20-2)13(19)14-11(12(17)18)9-6-4-3-5-7-9/h3-7,11H,8H2,1-2H3,(H,14,19)(H,17,18)/t11-/m1/s1. The topological polar surface area (TPSA) is 95.9 Å². The summed E-state index contributed by atoms with van der Waals surface area (Å²) in [5.74, 6) is -1.77. The Labute approximate surface area is 116 Å². The maximum Gasteiger partial charge on any atom is 0.330 e. The number of rotatable bonds is 5. The van der Waals surface area contributed by atoms with Crippen molar-refractivity contribution in [3.05, 3.63) is 35.9 Å². The van der Waals surface area contributed by atoms with Gasteiger partial charge in [0, 0.05) is 7.05 Å². The van der Waals surface area contributed by atoms with Gasteiger partial charge in [-0.25, -0.2) is 9.59 Å². The van der Waals surface area contributed by atoms with E-state index in [-0.39, 0.29) is 6.54 Å². The Hall–Kier alpha value is -2.57. The second-order valence-corrected chi connectivity index (χ2v) is 4.06. The number of benzene rings is 1. The predicted molar refractivity (Wildman–Crippen MR) is 70.0 cm³/mol. The molecule has 0 aliphatic carbocycles. The number of nitrogens with zero attached hydrogens (tertiary/aromatic N) is 1. The van der Waals surface area contributed by atoms with Crippen LogP contribution in [0, 0.1) is 0 Å². The monoisotopic (exact) mass is 280 g/mol. The molecule has 0 aliphatic rings. The molecule has 0 radical (unpaired) electrons. The Morgan fingerprint density at radius 3 is 2.40 bits per heavy atom. The molecule has 20 heavy (non-hydrogen) atoms. The highest BCUT2D eigenvalue weighted by molar-refractivity contribution is 5.85. The first-order valence-electron chi connectivity index (χ1n) is 5.82. The predicted octanol–water partition coefficient (Wildman–Crippen LogP) is 0.627. The Morgan fingerprint density at radius 2 is 1.90 bits per heavy atom. The fourth-order valence-corrected chi connectivity index (χ4v) is 1.50. The van der Waals surface area contributed by atoms with Gasteiger partial charge < -0.3 is 20.1 Å². The van der Waals surface area contributed by atoms with Gasteiger partial charge in [-0.1, -0.05) is 30.3 Å². The number of likely N-dealkylation sites (N-methyl/N-ethyl adjacent to an activating group) is 1. The van der Waals surface area contributed by atoms with Crippen molar-refractivity contribution in [1.82, 2.24) is 10.2 Å². The van der Waals surface area contributed by atoms with Crippen LogP contribution < -0.4 is 5.32 Å². The fraction of sp³-hybridized carbons (Fsp3) is 0.308. The first kappa shape index (κ1) is 15.5. The van der Waals surface area contributed by atoms with Gasteiger partial charge in [0.15, 0.2) is 6.04 Å². The number of nitrogens with one attached hydrogen (secondary N) is 1. The molecule has 0 aliphatic heterocycles. The van der Waals surface area contributed by atoms with Crippen molar-refractivity contribution in [3.8, 4) is 0 Å². The van der Waals surface area contributed by atoms with E-state index in [0.29, 0.717) is 5.56 Å². The van der Waals surface area contributed by atoms with Gasteiger partial charge >= 0.3 is 18.0 Å². The Bertz CT molecular complexity index is 489. The Morgan fingerprint density at radius 1 is 1.30 bits per heavy atom. The van der Waals surface area contributed by atoms with Crippen molar-refractivity contribution in [2.75, 3.05) is 20.7 Å². The Balaban J connectivity index is 2.74. The molecule has 0 unspecified atom stereocenters. The van der Waals surface area contributed by atoms with E-state index >= 15 is 0 Å². The number of carbonyl (C=O) groups excluding carboxylic acids is 2. The highest BCUT2D eigenvalue weighted by atomic mass is 16.5. The minimum Gasteiger partial charge on any atom is -0.479 e. The number of esters is 1. The van der Waals surface area contributed by atoms with Crippen molar-refractivity contribution in [1.29, 1.82) is 0 Å². The number of urea groups is 1. The summed E-state index contributed by atoms with van der Waals surface area (Å²) in [5.41, 5.74) is 0.444. The number of carboxylic acids is 1. The van der Waals surface area contributed by atoms with Crippen molar-refractivity contribution >= 4 is 18.0 Å². The third-order valence-electron chi connectivity index (χ3n) is 2.59. The van der Waals surface area contributed by atoms with E-state index in [4.69, 9.17) is 5.11 Å². The minimum absolute atomic E-state index is 0.260. The van der Waals surface area contributed by atoms with Crippen LogP contribution in [0.15, 0.2) is 30.3 Å². The lowest BCUT2D eigenvalue weighted by Crippen LogP contribution is -2.44. The van der Waals surface area contributed by atoms with Crippen LogP contribution in [0.1, 0.15) is 11.6 Å². The van der Waals surface area contributed by atoms with Crippen molar-refractivity contribution < 1.29 is 24.2 Å². The fourth-order valence-electron chi connectivity index (χ4n) is 1.50. The molecule has 1 rings (SSSR count). The van der Waals surface area contributed by atoms with Gasteiger partial charge in [-0.2, -0.15) is 0 Å². The molecular weight excluding hydrogens is 264 g/mol. The molecule has 0 spiro atoms. The number of methoxy groups -OCH3 is 1. The van der Waals surface area contributed by atoms with Gasteiger partial charge in [-0.05, 0) is 5.56 Å². The molecule has 0 heterocycles. The SMILES string of the molecule is COC(=O)CN(C)C(=O)N[C@@H](C(=O)O)c1ccccc1. The van der Waals surface area contributed by atoms with E-state index < -0.39 is 24.0 Å². The van der Waals surface area contributed by atoms with E-state index in [1.807, 2.05) is 0 Å². The molecule has 1 aromatic rings. The summed E-state index contributed by atoms with van der Waals surface area (Å²) in [7, 11) is 2.58. The van der Waals surface area contributed by atoms with Crippen LogP contribution in [0.5, 0.6) is 0 Å². The van der Waals surface area contributed by atoms with E-state index in [0.717, 1.165) is 4.90 Å². The second kappa shape index (κ2) is 7.13. The van der Waals surface area contributed by atoms with Gasteiger partial charge in [0.2, 0.25) is 0 Å². The minimum atomic E-state index is -1.18. The normalized spacial score (nSPS) is 11.3. The molecule has 2 amide bonds. The molecule has 7 heteroatoms. The number of amides is 2. The van der Waals surface area contributed by atoms with Crippen LogP contribution >= 0.6 is 0 Å². The summed E-state index contributed by atoms with van der Waals surface area (Å²) >= 11 is 0. The molecule has 2 N–H and O–H groups in total. The summed E-state index contributed by atoms with van der Waals surface area (Å²) in [6.45, 7) is -0.260. The number of ether oxygens (including phenoxy) is 1. The molecule has 0 fully saturated rings. The number of carbonyl (C=O) groups is 3. The zero-order chi connectivity index (χ0) is 15.1. The van der Waals surface area contributed by atoms with Crippen LogP contribution in [0.3, 0.4) is 0 Å². The maximum atomic E-state index is 11.8. The van der Waals surface area contributed by atoms with Crippen LogP contribution in [-0.2, 0) is 14.3 Å². The average molecular weight is 280 g/mol. The van der Waals surface area contributed by atoms with Gasteiger partial charge in [-0.3, -0.25) is 4.79 Å². The first-order valence-corrected chi connectivity index (χ1v) is 5.82. The van der Waals surface area contributed by atoms with E-state index in [1.54, 1.807) is 30.3 Å². The van der Waals surface area contributed by atoms with Crippen LogP contribution in [-0.4, -0.2) is 48.7 Å². The van der Waals surface area contributed by atoms with E-state index in [9.17, 15) is 14.4 Å². The van der Waals surface area contributed by atoms with Crippen molar-refractivity contribution in [2.24, 2.45) is 0 Å². The summed E-state index contributed by atoms with van der Waals surface area (Å²) < 4.78 is 4.43. The van der Waals surface area contributed by atoms with E-state index in [2.05, 4.69) is 10.1 Å². The van der Waals surface area contributed by atoms with Crippen LogP contribution in [0.25, 0.3) is 0 Å². The van der Waals surface area contributed by atoms with Crippen LogP contribution in [0.2, 0.25) is 0 Å². The average Bonchev–Trinajstić information content (AvgIpc) is 2.44. The summed E-state index contributed by atoms with van der Waals surface area (Å²) in [4.78, 5) is 35.1. The van der Waals surface area contributed by atoms with Gasteiger partial charge in [0.25, 0.3) is 0 Å². The molecule has 0 bridgehead atoms. The van der Waals surface area contributed by atoms with Crippen molar-refractivity contribution in [3.63, 3.8) is 0 Å². The highest BCUT2D eigenvalue weighted by Gasteiger charge is 2.24. The highest BCUT2D eigenvalue weighted by Crippen LogP contribution is 2.12. The number of hydrogen-bond acceptors (Lipinski definition) is 4. The number of carboxylic acid groups (broad SMARTS) is 1. The molecule has 0 aromatic heterocycles. The largest absolute Gasteiger partial charge is 0.479 e. The summed E-state index contributed by atoms with van der Waals surface area (Å²) in [5, 5.41) is 11.5. The lowest BCUT2D eigenvalue weighted by molar-refractivity contribution is -0.141. The third kappa shape index (κ3) is 4.27. The quantitative estimate of drug-likeness (QED) is 0.771. The number of hydrogen-bond donors (Lipinski definition) is 2. The smallest absolute Gasteiger partial charge is 0.330 e. The van der Waals surface area contributed by atoms with Gasteiger partial charge in [0.1, 0.15) is 6.54 Å². The zero-order valence-corrected chi connectivity index (χ0v) is 11.2. The third-order valence-corrected chi connectivity index (χ3v) is 2.59. The molecular formula is C13H16N2O5. The first-order chi connectivity index (χ1) is 9.45. The van der Waals surface area contributed by atoms with E-state index in [1.165, 1.54) is 14.2 Å². The second-order valence-electron chi connectivity index (χ2n) is 4.06. The lowest BCUT2D eigenvalue weighted by Gasteiger charge is -2.20. The van der Waals surface area contributed by atoms with Gasteiger partial charge in [-0.15, -0.1) is 0 Å². The molecule has 0 saturated carbocycles. The molecule has 1 aromatic carbocycles. The van der Waals surface area contributed by atoms with Gasteiger partial charge in [0.05, 0.1) is 7.11 Å². The molecule has 0 saturated heterocycles. The molecule has 7 nitrogen and oxygen atoms in total. The van der Waals surface area contributed by atoms with Crippen LogP contribution in [0.4, 0.5) is 4.79 Å². The molecule has 1 atom stereocenters. The Kier molecular flexibility index (Phi) is 5.52. The summed E-state index contributed by atoms with van der Waals surface area (Å²) in [6, 6.07) is 6.44. The zero-order valence-electron chi connectivity index (χ0n) is 11.2. The number of aliphatic carboxylic acids is 1.